The molecule has 2 rings (SSSR count). The van der Waals surface area contributed by atoms with Crippen LogP contribution in [0.5, 0.6) is 0 Å². The highest BCUT2D eigenvalue weighted by Gasteiger charge is 2.37. The zero-order valence-electron chi connectivity index (χ0n) is 8.66. The summed E-state index contributed by atoms with van der Waals surface area (Å²) in [7, 11) is 0. The Morgan fingerprint density at radius 2 is 2.27 bits per heavy atom. The molecule has 0 atom stereocenters. The van der Waals surface area contributed by atoms with E-state index >= 15 is 0 Å². The third kappa shape index (κ3) is 2.43. The molecule has 5 nitrogen and oxygen atoms in total. The average molecular weight is 206 g/mol. The third-order valence-corrected chi connectivity index (χ3v) is 2.68. The Bertz CT molecular complexity index is 370. The van der Waals surface area contributed by atoms with Crippen LogP contribution in [-0.2, 0) is 0 Å². The minimum atomic E-state index is -0.185. The molecule has 1 saturated carbocycles. The Hall–Kier alpha value is -1.65. The minimum Gasteiger partial charge on any atom is -0.382 e. The number of carbonyl (C=O) groups excluding carboxylic acids is 1. The van der Waals surface area contributed by atoms with Crippen LogP contribution in [0.4, 0.5) is 5.82 Å². The minimum absolute atomic E-state index is 0.185. The number of carbonyl (C=O) groups is 1. The number of hydrogen-bond donors (Lipinski definition) is 2. The SMILES string of the molecule is CC1(CNC(=O)c2cnc(N)cn2)CC1. The molecule has 3 N–H and O–H groups in total. The lowest BCUT2D eigenvalue weighted by Gasteiger charge is -2.09. The average Bonchev–Trinajstić information content (AvgIpc) is 2.95. The van der Waals surface area contributed by atoms with E-state index < -0.39 is 0 Å². The predicted octanol–water partition coefficient (Wildman–Crippen LogP) is 0.589. The van der Waals surface area contributed by atoms with Crippen molar-refractivity contribution >= 4 is 11.7 Å². The molecule has 0 aromatic carbocycles. The number of nitrogens with zero attached hydrogens (tertiary/aromatic N) is 2. The van der Waals surface area contributed by atoms with Crippen LogP contribution in [0.1, 0.15) is 30.3 Å². The van der Waals surface area contributed by atoms with Crippen LogP contribution in [0.2, 0.25) is 0 Å². The molecule has 1 fully saturated rings. The van der Waals surface area contributed by atoms with Crippen LogP contribution in [0.25, 0.3) is 0 Å². The second kappa shape index (κ2) is 3.49. The molecule has 80 valence electrons. The van der Waals surface area contributed by atoms with E-state index in [1.54, 1.807) is 0 Å². The Labute approximate surface area is 88.1 Å². The number of nitrogen functional groups attached to an aromatic ring is 1. The van der Waals surface area contributed by atoms with E-state index in [-0.39, 0.29) is 5.91 Å². The third-order valence-electron chi connectivity index (χ3n) is 2.68. The smallest absolute Gasteiger partial charge is 0.271 e. The van der Waals surface area contributed by atoms with Crippen molar-refractivity contribution in [1.82, 2.24) is 15.3 Å². The summed E-state index contributed by atoms with van der Waals surface area (Å²) in [5.74, 6) is 0.135. The van der Waals surface area contributed by atoms with Gasteiger partial charge in [-0.05, 0) is 18.3 Å². The van der Waals surface area contributed by atoms with Gasteiger partial charge in [0, 0.05) is 6.54 Å². The molecule has 0 saturated heterocycles. The van der Waals surface area contributed by atoms with Crippen LogP contribution in [0.3, 0.4) is 0 Å². The predicted molar refractivity (Wildman–Crippen MR) is 56.1 cm³/mol. The summed E-state index contributed by atoms with van der Waals surface area (Å²) in [5, 5.41) is 2.84. The fraction of sp³-hybridized carbons (Fsp3) is 0.500. The first-order valence-electron chi connectivity index (χ1n) is 4.95. The highest BCUT2D eigenvalue weighted by molar-refractivity contribution is 5.92. The molecular weight excluding hydrogens is 192 g/mol. The molecule has 0 aliphatic heterocycles. The van der Waals surface area contributed by atoms with Gasteiger partial charge in [0.15, 0.2) is 0 Å². The Morgan fingerprint density at radius 1 is 1.53 bits per heavy atom. The van der Waals surface area contributed by atoms with Crippen LogP contribution in [0, 0.1) is 5.41 Å². The molecule has 1 aliphatic carbocycles. The van der Waals surface area contributed by atoms with Gasteiger partial charge in [-0.15, -0.1) is 0 Å². The first kappa shape index (κ1) is 9.89. The van der Waals surface area contributed by atoms with E-state index in [2.05, 4.69) is 22.2 Å². The van der Waals surface area contributed by atoms with Gasteiger partial charge < -0.3 is 11.1 Å². The van der Waals surface area contributed by atoms with Gasteiger partial charge in [0.2, 0.25) is 0 Å². The van der Waals surface area contributed by atoms with Crippen molar-refractivity contribution in [2.45, 2.75) is 19.8 Å². The maximum atomic E-state index is 11.6. The Balaban J connectivity index is 1.92. The Kier molecular flexibility index (Phi) is 2.30. The van der Waals surface area contributed by atoms with Crippen molar-refractivity contribution < 1.29 is 4.79 Å². The van der Waals surface area contributed by atoms with Gasteiger partial charge in [-0.1, -0.05) is 6.92 Å². The summed E-state index contributed by atoms with van der Waals surface area (Å²) in [5.41, 5.74) is 5.99. The fourth-order valence-corrected chi connectivity index (χ4v) is 1.23. The number of anilines is 1. The topological polar surface area (TPSA) is 80.9 Å². The molecular formula is C10H14N4O. The molecule has 1 aromatic rings. The monoisotopic (exact) mass is 206 g/mol. The zero-order valence-corrected chi connectivity index (χ0v) is 8.66. The lowest BCUT2D eigenvalue weighted by Crippen LogP contribution is -2.29. The molecule has 5 heteroatoms. The van der Waals surface area contributed by atoms with Crippen molar-refractivity contribution in [1.29, 1.82) is 0 Å². The summed E-state index contributed by atoms with van der Waals surface area (Å²) >= 11 is 0. The standard InChI is InChI=1S/C10H14N4O/c1-10(2-3-10)6-14-9(15)7-4-13-8(11)5-12-7/h4-5H,2-3,6H2,1H3,(H2,11,13)(H,14,15). The number of nitrogens with one attached hydrogen (secondary N) is 1. The number of aromatic nitrogens is 2. The molecule has 1 aliphatic rings. The highest BCUT2D eigenvalue weighted by Crippen LogP contribution is 2.44. The van der Waals surface area contributed by atoms with Gasteiger partial charge in [-0.3, -0.25) is 4.79 Å². The van der Waals surface area contributed by atoms with Crippen molar-refractivity contribution in [3.05, 3.63) is 18.1 Å². The molecule has 1 amide bonds. The summed E-state index contributed by atoms with van der Waals surface area (Å²) in [6.07, 6.45) is 5.13. The molecule has 15 heavy (non-hydrogen) atoms. The first-order valence-corrected chi connectivity index (χ1v) is 4.95. The van der Waals surface area contributed by atoms with Gasteiger partial charge in [-0.2, -0.15) is 0 Å². The van der Waals surface area contributed by atoms with Crippen molar-refractivity contribution in [2.24, 2.45) is 5.41 Å². The van der Waals surface area contributed by atoms with E-state index in [4.69, 9.17) is 5.73 Å². The molecule has 0 unspecified atom stereocenters. The van der Waals surface area contributed by atoms with E-state index in [0.717, 1.165) is 0 Å². The molecule has 0 spiro atoms. The van der Waals surface area contributed by atoms with Crippen LogP contribution < -0.4 is 11.1 Å². The number of amides is 1. The van der Waals surface area contributed by atoms with Gasteiger partial charge in [0.1, 0.15) is 11.5 Å². The van der Waals surface area contributed by atoms with Crippen molar-refractivity contribution in [3.8, 4) is 0 Å². The van der Waals surface area contributed by atoms with Crippen molar-refractivity contribution in [3.63, 3.8) is 0 Å². The fourth-order valence-electron chi connectivity index (χ4n) is 1.23. The van der Waals surface area contributed by atoms with Gasteiger partial charge >= 0.3 is 0 Å². The maximum Gasteiger partial charge on any atom is 0.271 e. The summed E-state index contributed by atoms with van der Waals surface area (Å²) in [6.45, 7) is 2.86. The van der Waals surface area contributed by atoms with Gasteiger partial charge in [0.05, 0.1) is 12.4 Å². The molecule has 0 bridgehead atoms. The quantitative estimate of drug-likeness (QED) is 0.758. The number of rotatable bonds is 3. The second-order valence-corrected chi connectivity index (χ2v) is 4.32. The zero-order chi connectivity index (χ0) is 10.9. The van der Waals surface area contributed by atoms with E-state index in [1.807, 2.05) is 0 Å². The van der Waals surface area contributed by atoms with Crippen LogP contribution >= 0.6 is 0 Å². The van der Waals surface area contributed by atoms with Crippen LogP contribution in [-0.4, -0.2) is 22.4 Å². The first-order chi connectivity index (χ1) is 7.09. The van der Waals surface area contributed by atoms with Crippen molar-refractivity contribution in [2.75, 3.05) is 12.3 Å². The largest absolute Gasteiger partial charge is 0.382 e. The number of hydrogen-bond acceptors (Lipinski definition) is 4. The van der Waals surface area contributed by atoms with Crippen LogP contribution in [0.15, 0.2) is 12.4 Å². The normalized spacial score (nSPS) is 17.1. The molecule has 1 heterocycles. The summed E-state index contributed by atoms with van der Waals surface area (Å²) in [6, 6.07) is 0. The number of nitrogens with two attached hydrogens (primary N) is 1. The summed E-state index contributed by atoms with van der Waals surface area (Å²) in [4.78, 5) is 19.3. The van der Waals surface area contributed by atoms with Gasteiger partial charge in [-0.25, -0.2) is 9.97 Å². The lowest BCUT2D eigenvalue weighted by molar-refractivity contribution is 0.0941. The second-order valence-electron chi connectivity index (χ2n) is 4.32. The highest BCUT2D eigenvalue weighted by atomic mass is 16.1. The lowest BCUT2D eigenvalue weighted by atomic mass is 10.1. The van der Waals surface area contributed by atoms with E-state index in [0.29, 0.717) is 23.5 Å². The molecule has 1 aromatic heterocycles. The van der Waals surface area contributed by atoms with E-state index in [1.165, 1.54) is 25.2 Å². The van der Waals surface area contributed by atoms with E-state index in [9.17, 15) is 4.79 Å². The molecule has 0 radical (unpaired) electrons. The maximum absolute atomic E-state index is 11.6. The summed E-state index contributed by atoms with van der Waals surface area (Å²) < 4.78 is 0. The van der Waals surface area contributed by atoms with Gasteiger partial charge in [0.25, 0.3) is 5.91 Å². The Morgan fingerprint density at radius 3 is 2.80 bits per heavy atom.